The minimum absolute atomic E-state index is 0.0103. The molecule has 3 aromatic rings. The van der Waals surface area contributed by atoms with E-state index in [4.69, 9.17) is 37.8 Å². The lowest BCUT2D eigenvalue weighted by molar-refractivity contribution is -0.384. The van der Waals surface area contributed by atoms with Crippen molar-refractivity contribution in [3.63, 3.8) is 0 Å². The van der Waals surface area contributed by atoms with Crippen LogP contribution in [0.4, 0.5) is 5.69 Å². The number of nitrogens with zero attached hydrogens (tertiary/aromatic N) is 3. The molecule has 0 bridgehead atoms. The molecule has 0 aliphatic carbocycles. The second-order valence-electron chi connectivity index (χ2n) is 6.64. The molecule has 1 aliphatic rings. The zero-order valence-corrected chi connectivity index (χ0v) is 17.8. The summed E-state index contributed by atoms with van der Waals surface area (Å²) in [5.41, 5.74) is 3.11. The Bertz CT molecular complexity index is 1120. The molecule has 0 unspecified atom stereocenters. The minimum atomic E-state index is -0.406. The number of nitro benzene ring substituents is 1. The van der Waals surface area contributed by atoms with Gasteiger partial charge in [-0.05, 0) is 19.0 Å². The molecule has 1 aliphatic heterocycles. The van der Waals surface area contributed by atoms with Crippen LogP contribution in [-0.4, -0.2) is 35.5 Å². The quantitative estimate of drug-likeness (QED) is 0.458. The van der Waals surface area contributed by atoms with Crippen molar-refractivity contribution in [3.05, 3.63) is 61.7 Å². The van der Waals surface area contributed by atoms with E-state index in [-0.39, 0.29) is 15.7 Å². The number of nitro groups is 1. The molecule has 0 fully saturated rings. The highest BCUT2D eigenvalue weighted by Gasteiger charge is 2.29. The molecule has 0 radical (unpaired) electrons. The third-order valence-corrected chi connectivity index (χ3v) is 5.78. The minimum Gasteiger partial charge on any atom is -0.495 e. The molecule has 10 heteroatoms. The Hall–Kier alpha value is -2.81. The van der Waals surface area contributed by atoms with E-state index < -0.39 is 4.92 Å². The lowest BCUT2D eigenvalue weighted by Gasteiger charge is -2.19. The average molecular weight is 449 g/mol. The number of methoxy groups -OCH3 is 2. The van der Waals surface area contributed by atoms with Gasteiger partial charge in [-0.25, -0.2) is 4.68 Å². The molecular weight excluding hydrogens is 431 g/mol. The summed E-state index contributed by atoms with van der Waals surface area (Å²) >= 11 is 13.2. The van der Waals surface area contributed by atoms with Crippen molar-refractivity contribution in [2.75, 3.05) is 20.8 Å². The zero-order valence-electron chi connectivity index (χ0n) is 16.2. The van der Waals surface area contributed by atoms with Crippen molar-refractivity contribution in [2.45, 2.75) is 13.0 Å². The topological polar surface area (TPSA) is 91.5 Å². The molecule has 0 spiro atoms. The van der Waals surface area contributed by atoms with Crippen LogP contribution >= 0.6 is 23.2 Å². The number of aromatic nitrogens is 2. The molecule has 0 amide bonds. The van der Waals surface area contributed by atoms with Crippen LogP contribution in [0.5, 0.6) is 11.5 Å². The predicted molar refractivity (Wildman–Crippen MR) is 114 cm³/mol. The normalized spacial score (nSPS) is 13.1. The van der Waals surface area contributed by atoms with Crippen molar-refractivity contribution in [1.29, 1.82) is 0 Å². The largest absolute Gasteiger partial charge is 0.495 e. The van der Waals surface area contributed by atoms with Gasteiger partial charge < -0.3 is 14.8 Å². The number of halogens is 2. The summed E-state index contributed by atoms with van der Waals surface area (Å²) in [5, 5.41) is 20.2. The molecule has 0 saturated carbocycles. The van der Waals surface area contributed by atoms with E-state index in [0.717, 1.165) is 17.8 Å². The number of nitrogens with one attached hydrogen (secondary N) is 1. The Labute approximate surface area is 182 Å². The van der Waals surface area contributed by atoms with Gasteiger partial charge in [-0.2, -0.15) is 5.10 Å². The van der Waals surface area contributed by atoms with E-state index in [1.54, 1.807) is 28.9 Å². The second-order valence-corrected chi connectivity index (χ2v) is 7.40. The van der Waals surface area contributed by atoms with Crippen LogP contribution in [0.15, 0.2) is 30.3 Å². The highest BCUT2D eigenvalue weighted by molar-refractivity contribution is 6.39. The first kappa shape index (κ1) is 20.5. The van der Waals surface area contributed by atoms with Crippen LogP contribution in [0.1, 0.15) is 11.3 Å². The van der Waals surface area contributed by atoms with Crippen LogP contribution in [0.3, 0.4) is 0 Å². The fraction of sp³-hybridized carbons (Fsp3) is 0.250. The van der Waals surface area contributed by atoms with Gasteiger partial charge in [-0.1, -0.05) is 35.3 Å². The predicted octanol–water partition coefficient (Wildman–Crippen LogP) is 4.42. The van der Waals surface area contributed by atoms with Gasteiger partial charge in [0.1, 0.15) is 32.9 Å². The molecule has 30 heavy (non-hydrogen) atoms. The third kappa shape index (κ3) is 3.27. The smallest absolute Gasteiger partial charge is 0.278 e. The van der Waals surface area contributed by atoms with Gasteiger partial charge in [0.05, 0.1) is 30.4 Å². The highest BCUT2D eigenvalue weighted by atomic mass is 35.5. The summed E-state index contributed by atoms with van der Waals surface area (Å²) in [6, 6.07) is 8.15. The molecule has 0 atom stereocenters. The molecule has 2 heterocycles. The van der Waals surface area contributed by atoms with Crippen molar-refractivity contribution >= 4 is 28.9 Å². The van der Waals surface area contributed by atoms with Crippen LogP contribution in [0, 0.1) is 10.1 Å². The number of hydrogen-bond acceptors (Lipinski definition) is 6. The Kier molecular flexibility index (Phi) is 5.55. The monoisotopic (exact) mass is 448 g/mol. The first-order valence-electron chi connectivity index (χ1n) is 9.13. The van der Waals surface area contributed by atoms with Crippen LogP contribution in [0.2, 0.25) is 10.0 Å². The fourth-order valence-electron chi connectivity index (χ4n) is 3.64. The van der Waals surface area contributed by atoms with Crippen molar-refractivity contribution in [2.24, 2.45) is 0 Å². The molecular formula is C20H18Cl2N4O4. The Morgan fingerprint density at radius 3 is 2.47 bits per heavy atom. The number of benzene rings is 2. The molecule has 1 N–H and O–H groups in total. The fourth-order valence-corrected chi connectivity index (χ4v) is 4.30. The van der Waals surface area contributed by atoms with E-state index in [1.165, 1.54) is 20.3 Å². The van der Waals surface area contributed by atoms with Crippen molar-refractivity contribution < 1.29 is 14.4 Å². The number of para-hydroxylation sites is 1. The number of ether oxygens (including phenoxy) is 2. The lowest BCUT2D eigenvalue weighted by Crippen LogP contribution is -2.25. The maximum absolute atomic E-state index is 11.6. The second kappa shape index (κ2) is 8.14. The van der Waals surface area contributed by atoms with Crippen molar-refractivity contribution in [1.82, 2.24) is 15.1 Å². The first-order valence-corrected chi connectivity index (χ1v) is 9.89. The summed E-state index contributed by atoms with van der Waals surface area (Å²) < 4.78 is 12.4. The summed E-state index contributed by atoms with van der Waals surface area (Å²) in [6.45, 7) is 1.24. The van der Waals surface area contributed by atoms with E-state index in [9.17, 15) is 10.1 Å². The Morgan fingerprint density at radius 1 is 1.17 bits per heavy atom. The first-order chi connectivity index (χ1) is 14.5. The molecule has 4 rings (SSSR count). The Morgan fingerprint density at radius 2 is 1.83 bits per heavy atom. The summed E-state index contributed by atoms with van der Waals surface area (Å²) in [4.78, 5) is 11.2. The standard InChI is InChI=1S/C20H18Cl2N4O4/c1-29-15-9-16(30-2)18(22)20(17(15)21)25-14-10-23-8-7-12(14)19(24-25)11-5-3-4-6-13(11)26(27)28/h3-6,9,23H,7-8,10H2,1-2H3. The van der Waals surface area contributed by atoms with E-state index >= 15 is 0 Å². The maximum atomic E-state index is 11.6. The van der Waals surface area contributed by atoms with Crippen molar-refractivity contribution in [3.8, 4) is 28.4 Å². The summed E-state index contributed by atoms with van der Waals surface area (Å²) in [7, 11) is 2.99. The lowest BCUT2D eigenvalue weighted by atomic mass is 10.00. The van der Waals surface area contributed by atoms with Gasteiger partial charge >= 0.3 is 0 Å². The van der Waals surface area contributed by atoms with Crippen LogP contribution in [-0.2, 0) is 13.0 Å². The average Bonchev–Trinajstić information content (AvgIpc) is 3.13. The van der Waals surface area contributed by atoms with Gasteiger partial charge in [0.25, 0.3) is 5.69 Å². The molecule has 156 valence electrons. The molecule has 1 aromatic heterocycles. The Balaban J connectivity index is 2.03. The molecule has 0 saturated heterocycles. The van der Waals surface area contributed by atoms with E-state index in [0.29, 0.717) is 41.4 Å². The number of fused-ring (bicyclic) bond motifs is 1. The van der Waals surface area contributed by atoms with Crippen LogP contribution < -0.4 is 14.8 Å². The van der Waals surface area contributed by atoms with Gasteiger partial charge in [0.15, 0.2) is 0 Å². The highest BCUT2D eigenvalue weighted by Crippen LogP contribution is 2.44. The molecule has 8 nitrogen and oxygen atoms in total. The van der Waals surface area contributed by atoms with E-state index in [2.05, 4.69) is 5.32 Å². The van der Waals surface area contributed by atoms with Gasteiger partial charge in [0.2, 0.25) is 0 Å². The van der Waals surface area contributed by atoms with Gasteiger partial charge in [-0.3, -0.25) is 10.1 Å². The number of rotatable bonds is 5. The summed E-state index contributed by atoms with van der Waals surface area (Å²) in [6.07, 6.45) is 0.660. The molecule has 2 aromatic carbocycles. The maximum Gasteiger partial charge on any atom is 0.278 e. The van der Waals surface area contributed by atoms with Gasteiger partial charge in [-0.15, -0.1) is 0 Å². The van der Waals surface area contributed by atoms with Crippen LogP contribution in [0.25, 0.3) is 16.9 Å². The van der Waals surface area contributed by atoms with E-state index in [1.807, 2.05) is 0 Å². The SMILES string of the molecule is COc1cc(OC)c(Cl)c(-n2nc(-c3ccccc3[N+](=O)[O-])c3c2CNCC3)c1Cl. The zero-order chi connectivity index (χ0) is 21.4. The summed E-state index contributed by atoms with van der Waals surface area (Å²) in [5.74, 6) is 0.765. The number of hydrogen-bond donors (Lipinski definition) is 1. The third-order valence-electron chi connectivity index (χ3n) is 5.05. The van der Waals surface area contributed by atoms with Gasteiger partial charge in [0, 0.05) is 24.2 Å².